The van der Waals surface area contributed by atoms with Gasteiger partial charge in [-0.1, -0.05) is 0 Å². The van der Waals surface area contributed by atoms with Gasteiger partial charge in [0.25, 0.3) is 0 Å². The van der Waals surface area contributed by atoms with Gasteiger partial charge in [0.05, 0.1) is 18.5 Å². The van der Waals surface area contributed by atoms with Gasteiger partial charge in [-0.05, 0) is 24.9 Å². The van der Waals surface area contributed by atoms with Gasteiger partial charge in [0.15, 0.2) is 0 Å². The number of hydrogen-bond acceptors (Lipinski definition) is 5. The van der Waals surface area contributed by atoms with E-state index in [1.165, 1.54) is 12.4 Å². The molecule has 2 rings (SSSR count). The average molecular weight is 292 g/mol. The highest BCUT2D eigenvalue weighted by molar-refractivity contribution is 7.89. The monoisotopic (exact) mass is 291 g/mol. The molecule has 6 nitrogen and oxygen atoms in total. The largest absolute Gasteiger partial charge is 0.378 e. The highest BCUT2D eigenvalue weighted by atomic mass is 35.5. The Bertz CT molecular complexity index is 506. The zero-order valence-electron chi connectivity index (χ0n) is 9.84. The molecule has 0 spiro atoms. The fraction of sp³-hybridized carbons (Fsp3) is 0.600. The van der Waals surface area contributed by atoms with Crippen molar-refractivity contribution in [2.75, 3.05) is 13.2 Å². The van der Waals surface area contributed by atoms with E-state index in [0.717, 1.165) is 6.42 Å². The summed E-state index contributed by atoms with van der Waals surface area (Å²) in [6.07, 6.45) is 3.31. The van der Waals surface area contributed by atoms with E-state index in [1.54, 1.807) is 0 Å². The summed E-state index contributed by atoms with van der Waals surface area (Å²) in [6, 6.07) is 0. The first kappa shape index (κ1) is 13.7. The molecule has 100 valence electrons. The number of aromatic nitrogens is 2. The van der Waals surface area contributed by atoms with Crippen molar-refractivity contribution in [2.24, 2.45) is 5.92 Å². The summed E-state index contributed by atoms with van der Waals surface area (Å²) < 4.78 is 31.8. The van der Waals surface area contributed by atoms with Gasteiger partial charge in [0, 0.05) is 19.1 Å². The minimum atomic E-state index is -3.58. The minimum Gasteiger partial charge on any atom is -0.378 e. The lowest BCUT2D eigenvalue weighted by Gasteiger charge is -2.14. The van der Waals surface area contributed by atoms with Crippen LogP contribution in [0, 0.1) is 5.92 Å². The number of nitrogens with one attached hydrogen (secondary N) is 1. The average Bonchev–Trinajstić information content (AvgIpc) is 2.73. The van der Waals surface area contributed by atoms with E-state index in [2.05, 4.69) is 14.7 Å². The second kappa shape index (κ2) is 5.48. The topological polar surface area (TPSA) is 81.2 Å². The summed E-state index contributed by atoms with van der Waals surface area (Å²) in [6.45, 7) is 2.97. The third-order valence-electron chi connectivity index (χ3n) is 2.98. The van der Waals surface area contributed by atoms with Crippen LogP contribution in [0.1, 0.15) is 13.3 Å². The molecule has 1 N–H and O–H groups in total. The molecule has 2 atom stereocenters. The van der Waals surface area contributed by atoms with Crippen molar-refractivity contribution < 1.29 is 13.2 Å². The lowest BCUT2D eigenvalue weighted by molar-refractivity contribution is 0.107. The minimum absolute atomic E-state index is 0.0125. The van der Waals surface area contributed by atoms with Crippen LogP contribution in [0.4, 0.5) is 0 Å². The first-order valence-electron chi connectivity index (χ1n) is 5.58. The van der Waals surface area contributed by atoms with Crippen molar-refractivity contribution in [3.63, 3.8) is 0 Å². The van der Waals surface area contributed by atoms with Crippen molar-refractivity contribution in [3.8, 4) is 0 Å². The maximum absolute atomic E-state index is 11.9. The number of sulfonamides is 1. The third-order valence-corrected chi connectivity index (χ3v) is 4.55. The molecule has 0 amide bonds. The predicted molar refractivity (Wildman–Crippen MR) is 65.8 cm³/mol. The van der Waals surface area contributed by atoms with E-state index in [-0.39, 0.29) is 22.2 Å². The van der Waals surface area contributed by atoms with E-state index in [4.69, 9.17) is 16.3 Å². The Morgan fingerprint density at radius 2 is 2.17 bits per heavy atom. The van der Waals surface area contributed by atoms with Gasteiger partial charge in [-0.2, -0.15) is 0 Å². The summed E-state index contributed by atoms with van der Waals surface area (Å²) in [5.41, 5.74) is 0. The van der Waals surface area contributed by atoms with Gasteiger partial charge in [0.1, 0.15) is 4.90 Å². The molecule has 0 aliphatic carbocycles. The molecule has 1 aromatic rings. The van der Waals surface area contributed by atoms with E-state index >= 15 is 0 Å². The fourth-order valence-corrected chi connectivity index (χ4v) is 2.86. The molecule has 0 bridgehead atoms. The van der Waals surface area contributed by atoms with Gasteiger partial charge in [-0.25, -0.2) is 23.1 Å². The van der Waals surface area contributed by atoms with Crippen LogP contribution in [0.15, 0.2) is 17.3 Å². The van der Waals surface area contributed by atoms with E-state index in [1.807, 2.05) is 6.92 Å². The first-order chi connectivity index (χ1) is 8.49. The van der Waals surface area contributed by atoms with Crippen molar-refractivity contribution in [1.29, 1.82) is 0 Å². The molecule has 8 heteroatoms. The van der Waals surface area contributed by atoms with Crippen LogP contribution >= 0.6 is 11.6 Å². The normalized spacial score (nSPS) is 24.3. The Hall–Kier alpha value is -0.760. The summed E-state index contributed by atoms with van der Waals surface area (Å²) in [5.74, 6) is 0.202. The van der Waals surface area contributed by atoms with Crippen LogP contribution in [0.5, 0.6) is 0 Å². The number of ether oxygens (including phenoxy) is 1. The zero-order valence-corrected chi connectivity index (χ0v) is 11.4. The second-order valence-electron chi connectivity index (χ2n) is 4.16. The number of nitrogens with zero attached hydrogens (tertiary/aromatic N) is 2. The lowest BCUT2D eigenvalue weighted by Crippen LogP contribution is -2.32. The molecule has 1 aliphatic rings. The molecule has 18 heavy (non-hydrogen) atoms. The van der Waals surface area contributed by atoms with Crippen LogP contribution in [-0.4, -0.2) is 37.6 Å². The van der Waals surface area contributed by atoms with Gasteiger partial charge in [-0.15, -0.1) is 0 Å². The summed E-state index contributed by atoms with van der Waals surface area (Å²) in [7, 11) is -3.58. The Morgan fingerprint density at radius 3 is 2.72 bits per heavy atom. The molecule has 2 unspecified atom stereocenters. The van der Waals surface area contributed by atoms with Gasteiger partial charge < -0.3 is 4.74 Å². The van der Waals surface area contributed by atoms with Crippen LogP contribution < -0.4 is 4.72 Å². The molecule has 1 fully saturated rings. The van der Waals surface area contributed by atoms with Gasteiger partial charge in [-0.3, -0.25) is 0 Å². The fourth-order valence-electron chi connectivity index (χ4n) is 1.78. The molecule has 2 heterocycles. The predicted octanol–water partition coefficient (Wildman–Crippen LogP) is 0.833. The molecular weight excluding hydrogens is 278 g/mol. The summed E-state index contributed by atoms with van der Waals surface area (Å²) >= 11 is 5.51. The van der Waals surface area contributed by atoms with Gasteiger partial charge in [0.2, 0.25) is 15.3 Å². The second-order valence-corrected chi connectivity index (χ2v) is 6.27. The van der Waals surface area contributed by atoms with Crippen LogP contribution in [0.3, 0.4) is 0 Å². The van der Waals surface area contributed by atoms with Crippen LogP contribution in [0.25, 0.3) is 0 Å². The highest BCUT2D eigenvalue weighted by Gasteiger charge is 2.26. The first-order valence-corrected chi connectivity index (χ1v) is 7.44. The Balaban J connectivity index is 2.01. The van der Waals surface area contributed by atoms with E-state index < -0.39 is 10.0 Å². The van der Waals surface area contributed by atoms with Crippen molar-refractivity contribution >= 4 is 21.6 Å². The molecule has 0 radical (unpaired) electrons. The maximum Gasteiger partial charge on any atom is 0.243 e. The number of halogens is 1. The molecule has 1 saturated heterocycles. The molecule has 0 saturated carbocycles. The Labute approximate surface area is 111 Å². The van der Waals surface area contributed by atoms with Crippen molar-refractivity contribution in [2.45, 2.75) is 24.3 Å². The van der Waals surface area contributed by atoms with E-state index in [9.17, 15) is 8.42 Å². The van der Waals surface area contributed by atoms with Gasteiger partial charge >= 0.3 is 0 Å². The summed E-state index contributed by atoms with van der Waals surface area (Å²) in [4.78, 5) is 7.31. The summed E-state index contributed by atoms with van der Waals surface area (Å²) in [5, 5.41) is 0.0202. The molecular formula is C10H14ClN3O3S. The lowest BCUT2D eigenvalue weighted by atomic mass is 10.0. The van der Waals surface area contributed by atoms with E-state index in [0.29, 0.717) is 13.2 Å². The van der Waals surface area contributed by atoms with Crippen LogP contribution in [0.2, 0.25) is 5.28 Å². The maximum atomic E-state index is 11.9. The zero-order chi connectivity index (χ0) is 13.2. The SMILES string of the molecule is CC1OCCC1CNS(=O)(=O)c1cnc(Cl)nc1. The quantitative estimate of drug-likeness (QED) is 0.831. The standard InChI is InChI=1S/C10H14ClN3O3S/c1-7-8(2-3-17-7)4-14-18(15,16)9-5-12-10(11)13-6-9/h5-8,14H,2-4H2,1H3. The molecule has 1 aliphatic heterocycles. The third kappa shape index (κ3) is 3.17. The van der Waals surface area contributed by atoms with Crippen molar-refractivity contribution in [1.82, 2.24) is 14.7 Å². The number of rotatable bonds is 4. The smallest absolute Gasteiger partial charge is 0.243 e. The Morgan fingerprint density at radius 1 is 1.50 bits per heavy atom. The molecule has 0 aromatic carbocycles. The molecule has 1 aromatic heterocycles. The number of hydrogen-bond donors (Lipinski definition) is 1. The highest BCUT2D eigenvalue weighted by Crippen LogP contribution is 2.20. The van der Waals surface area contributed by atoms with Crippen molar-refractivity contribution in [3.05, 3.63) is 17.7 Å². The Kier molecular flexibility index (Phi) is 4.16. The van der Waals surface area contributed by atoms with Crippen LogP contribution in [-0.2, 0) is 14.8 Å².